The van der Waals surface area contributed by atoms with Crippen molar-refractivity contribution < 1.29 is 24.2 Å². The zero-order valence-electron chi connectivity index (χ0n) is 19.8. The Morgan fingerprint density at radius 3 is 2.64 bits per heavy atom. The van der Waals surface area contributed by atoms with Crippen molar-refractivity contribution in [3.8, 4) is 5.75 Å². The van der Waals surface area contributed by atoms with Crippen LogP contribution in [0.25, 0.3) is 0 Å². The molecule has 2 heterocycles. The molecule has 0 unspecified atom stereocenters. The maximum atomic E-state index is 13.1. The first kappa shape index (κ1) is 25.6. The van der Waals surface area contributed by atoms with Crippen LogP contribution in [0.5, 0.6) is 5.75 Å². The SMILES string of the molecule is COc1cc(C(=O)O)cc(NC(=O)c2nc3c(s2)CN(C)CC3)c1CCC(=O)Nc1ccc(Cl)cc1. The number of hydrogen-bond donors (Lipinski definition) is 3. The van der Waals surface area contributed by atoms with Crippen LogP contribution in [-0.2, 0) is 24.2 Å². The van der Waals surface area contributed by atoms with Crippen LogP contribution >= 0.6 is 22.9 Å². The van der Waals surface area contributed by atoms with Gasteiger partial charge in [-0.15, -0.1) is 11.3 Å². The summed E-state index contributed by atoms with van der Waals surface area (Å²) in [6.07, 6.45) is 1.05. The van der Waals surface area contributed by atoms with E-state index < -0.39 is 11.9 Å². The van der Waals surface area contributed by atoms with Gasteiger partial charge in [0.25, 0.3) is 5.91 Å². The van der Waals surface area contributed by atoms with Gasteiger partial charge in [-0.3, -0.25) is 9.59 Å². The summed E-state index contributed by atoms with van der Waals surface area (Å²) in [7, 11) is 3.43. The Morgan fingerprint density at radius 2 is 1.94 bits per heavy atom. The number of ether oxygens (including phenoxy) is 1. The Morgan fingerprint density at radius 1 is 1.19 bits per heavy atom. The fourth-order valence-electron chi connectivity index (χ4n) is 3.91. The third kappa shape index (κ3) is 6.01. The van der Waals surface area contributed by atoms with Crippen molar-refractivity contribution in [1.29, 1.82) is 0 Å². The van der Waals surface area contributed by atoms with Gasteiger partial charge >= 0.3 is 5.97 Å². The molecule has 0 bridgehead atoms. The maximum absolute atomic E-state index is 13.1. The molecule has 1 aliphatic heterocycles. The van der Waals surface area contributed by atoms with Gasteiger partial charge in [0.15, 0.2) is 5.01 Å². The van der Waals surface area contributed by atoms with Gasteiger partial charge in [-0.25, -0.2) is 9.78 Å². The van der Waals surface area contributed by atoms with Gasteiger partial charge in [-0.05, 0) is 49.9 Å². The molecule has 36 heavy (non-hydrogen) atoms. The normalized spacial score (nSPS) is 13.1. The van der Waals surface area contributed by atoms with Gasteiger partial charge in [0.1, 0.15) is 5.75 Å². The Balaban J connectivity index is 1.56. The molecular weight excluding hydrogens is 504 g/mol. The van der Waals surface area contributed by atoms with Crippen molar-refractivity contribution in [3.05, 3.63) is 68.1 Å². The molecule has 3 aromatic rings. The first-order valence-electron chi connectivity index (χ1n) is 11.2. The smallest absolute Gasteiger partial charge is 0.335 e. The molecular formula is C25H25ClN4O5S. The molecule has 3 N–H and O–H groups in total. The number of rotatable bonds is 8. The van der Waals surface area contributed by atoms with Crippen LogP contribution in [0, 0.1) is 0 Å². The quantitative estimate of drug-likeness (QED) is 0.398. The highest BCUT2D eigenvalue weighted by Gasteiger charge is 2.23. The molecule has 0 saturated carbocycles. The van der Waals surface area contributed by atoms with Crippen LogP contribution in [0.15, 0.2) is 36.4 Å². The lowest BCUT2D eigenvalue weighted by molar-refractivity contribution is -0.116. The minimum atomic E-state index is -1.16. The van der Waals surface area contributed by atoms with E-state index in [1.165, 1.54) is 30.6 Å². The molecule has 2 aromatic carbocycles. The van der Waals surface area contributed by atoms with Crippen LogP contribution in [-0.4, -0.2) is 53.5 Å². The molecule has 0 atom stereocenters. The van der Waals surface area contributed by atoms with Gasteiger partial charge in [0.2, 0.25) is 5.91 Å². The molecule has 11 heteroatoms. The number of fused-ring (bicyclic) bond motifs is 1. The molecule has 2 amide bonds. The van der Waals surface area contributed by atoms with Crippen LogP contribution in [0.3, 0.4) is 0 Å². The van der Waals surface area contributed by atoms with E-state index in [2.05, 4.69) is 20.5 Å². The van der Waals surface area contributed by atoms with Crippen molar-refractivity contribution in [3.63, 3.8) is 0 Å². The molecule has 188 valence electrons. The maximum Gasteiger partial charge on any atom is 0.335 e. The molecule has 0 spiro atoms. The molecule has 0 aliphatic carbocycles. The standard InChI is InChI=1S/C25H25ClN4O5S/c1-30-10-9-18-21(13-30)36-24(29-18)23(32)28-19-11-14(25(33)34)12-20(35-2)17(19)7-8-22(31)27-16-5-3-15(26)4-6-16/h3-6,11-12H,7-10,13H2,1-2H3,(H,27,31)(H,28,32)(H,33,34). The topological polar surface area (TPSA) is 121 Å². The lowest BCUT2D eigenvalue weighted by Crippen LogP contribution is -2.25. The highest BCUT2D eigenvalue weighted by Crippen LogP contribution is 2.32. The van der Waals surface area contributed by atoms with E-state index in [1.54, 1.807) is 24.3 Å². The molecule has 1 aliphatic rings. The second kappa shape index (κ2) is 11.1. The number of methoxy groups -OCH3 is 1. The number of aromatic carboxylic acids is 1. The summed E-state index contributed by atoms with van der Waals surface area (Å²) in [6.45, 7) is 1.61. The second-order valence-corrected chi connectivity index (χ2v) is 9.92. The second-order valence-electron chi connectivity index (χ2n) is 8.40. The number of carbonyl (C=O) groups is 3. The van der Waals surface area contributed by atoms with Crippen molar-refractivity contribution >= 4 is 52.1 Å². The number of amides is 2. The van der Waals surface area contributed by atoms with Crippen LogP contribution in [0.2, 0.25) is 5.02 Å². The Hall–Kier alpha value is -3.47. The number of hydrogen-bond acceptors (Lipinski definition) is 7. The van der Waals surface area contributed by atoms with Crippen LogP contribution in [0.4, 0.5) is 11.4 Å². The summed E-state index contributed by atoms with van der Waals surface area (Å²) in [5.41, 5.74) is 2.25. The lowest BCUT2D eigenvalue weighted by Gasteiger charge is -2.20. The number of benzene rings is 2. The number of carbonyl (C=O) groups excluding carboxylic acids is 2. The van der Waals surface area contributed by atoms with E-state index in [0.717, 1.165) is 30.1 Å². The van der Waals surface area contributed by atoms with E-state index in [-0.39, 0.29) is 35.7 Å². The van der Waals surface area contributed by atoms with E-state index in [4.69, 9.17) is 16.3 Å². The third-order valence-electron chi connectivity index (χ3n) is 5.77. The number of anilines is 2. The van der Waals surface area contributed by atoms with E-state index in [0.29, 0.717) is 21.3 Å². The first-order chi connectivity index (χ1) is 17.2. The predicted octanol–water partition coefficient (Wildman–Crippen LogP) is 4.31. The van der Waals surface area contributed by atoms with E-state index in [1.807, 2.05) is 7.05 Å². The minimum absolute atomic E-state index is 0.0448. The van der Waals surface area contributed by atoms with Gasteiger partial charge in [-0.2, -0.15) is 0 Å². The lowest BCUT2D eigenvalue weighted by atomic mass is 10.0. The molecule has 0 radical (unpaired) electrons. The summed E-state index contributed by atoms with van der Waals surface area (Å²) >= 11 is 7.22. The predicted molar refractivity (Wildman–Crippen MR) is 138 cm³/mol. The number of carboxylic acid groups (broad SMARTS) is 1. The van der Waals surface area contributed by atoms with Crippen molar-refractivity contribution in [1.82, 2.24) is 9.88 Å². The van der Waals surface area contributed by atoms with Gasteiger partial charge in [0.05, 0.1) is 18.4 Å². The third-order valence-corrected chi connectivity index (χ3v) is 7.10. The van der Waals surface area contributed by atoms with Gasteiger partial charge in [-0.1, -0.05) is 11.6 Å². The van der Waals surface area contributed by atoms with Crippen LogP contribution in [0.1, 0.15) is 42.7 Å². The molecule has 0 fully saturated rings. The summed E-state index contributed by atoms with van der Waals surface area (Å²) < 4.78 is 5.43. The van der Waals surface area contributed by atoms with Crippen molar-refractivity contribution in [2.75, 3.05) is 31.3 Å². The number of likely N-dealkylation sites (N-methyl/N-ethyl adjacent to an activating group) is 1. The van der Waals surface area contributed by atoms with Crippen LogP contribution < -0.4 is 15.4 Å². The largest absolute Gasteiger partial charge is 0.496 e. The molecule has 1 aromatic heterocycles. The average Bonchev–Trinajstić information content (AvgIpc) is 3.27. The van der Waals surface area contributed by atoms with Crippen molar-refractivity contribution in [2.24, 2.45) is 0 Å². The van der Waals surface area contributed by atoms with Gasteiger partial charge in [0, 0.05) is 52.8 Å². The number of carboxylic acids is 1. The number of aromatic nitrogens is 1. The fraction of sp³-hybridized carbons (Fsp3) is 0.280. The molecule has 9 nitrogen and oxygen atoms in total. The summed E-state index contributed by atoms with van der Waals surface area (Å²) in [6, 6.07) is 9.48. The number of nitrogens with zero attached hydrogens (tertiary/aromatic N) is 2. The van der Waals surface area contributed by atoms with Crippen molar-refractivity contribution in [2.45, 2.75) is 25.8 Å². The van der Waals surface area contributed by atoms with Gasteiger partial charge < -0.3 is 25.4 Å². The van der Waals surface area contributed by atoms with E-state index in [9.17, 15) is 19.5 Å². The average molecular weight is 529 g/mol. The monoisotopic (exact) mass is 528 g/mol. The minimum Gasteiger partial charge on any atom is -0.496 e. The number of halogens is 1. The number of thiazole rings is 1. The Labute approximate surface area is 217 Å². The Kier molecular flexibility index (Phi) is 7.88. The molecule has 0 saturated heterocycles. The summed E-state index contributed by atoms with van der Waals surface area (Å²) in [4.78, 5) is 45.1. The summed E-state index contributed by atoms with van der Waals surface area (Å²) in [5, 5.41) is 16.0. The fourth-order valence-corrected chi connectivity index (χ4v) is 5.12. The highest BCUT2D eigenvalue weighted by molar-refractivity contribution is 7.13. The van der Waals surface area contributed by atoms with E-state index >= 15 is 0 Å². The highest BCUT2D eigenvalue weighted by atomic mass is 35.5. The number of nitrogens with one attached hydrogen (secondary N) is 2. The summed E-state index contributed by atoms with van der Waals surface area (Å²) in [5.74, 6) is -1.59. The first-order valence-corrected chi connectivity index (χ1v) is 12.4. The molecule has 4 rings (SSSR count). The Bertz CT molecular complexity index is 1310. The zero-order chi connectivity index (χ0) is 25.8. The zero-order valence-corrected chi connectivity index (χ0v) is 21.3.